The minimum atomic E-state index is -0.966. The van der Waals surface area contributed by atoms with E-state index in [2.05, 4.69) is 5.32 Å². The number of nitrogens with one attached hydrogen (secondary N) is 1. The van der Waals surface area contributed by atoms with Gasteiger partial charge in [0.1, 0.15) is 0 Å². The van der Waals surface area contributed by atoms with Gasteiger partial charge in [0, 0.05) is 21.7 Å². The zero-order valence-corrected chi connectivity index (χ0v) is 11.4. The maximum Gasteiger partial charge on any atom is 0.308 e. The van der Waals surface area contributed by atoms with Crippen LogP contribution in [0.25, 0.3) is 0 Å². The largest absolute Gasteiger partial charge is 0.481 e. The van der Waals surface area contributed by atoms with Gasteiger partial charge in [0.25, 0.3) is 5.91 Å². The highest BCUT2D eigenvalue weighted by Gasteiger charge is 2.21. The third-order valence-corrected chi connectivity index (χ3v) is 3.06. The van der Waals surface area contributed by atoms with E-state index in [1.165, 1.54) is 25.1 Å². The Morgan fingerprint density at radius 3 is 2.11 bits per heavy atom. The normalized spacial score (nSPS) is 13.8. The number of benzene rings is 1. The van der Waals surface area contributed by atoms with Gasteiger partial charge >= 0.3 is 5.97 Å². The summed E-state index contributed by atoms with van der Waals surface area (Å²) in [5, 5.41) is 12.1. The van der Waals surface area contributed by atoms with Gasteiger partial charge in [-0.05, 0) is 32.0 Å². The lowest BCUT2D eigenvalue weighted by molar-refractivity contribution is -0.141. The number of halogens is 2. The van der Waals surface area contributed by atoms with Crippen LogP contribution in [0.5, 0.6) is 0 Å². The van der Waals surface area contributed by atoms with Crippen molar-refractivity contribution in [1.82, 2.24) is 5.32 Å². The van der Waals surface area contributed by atoms with E-state index in [0.717, 1.165) is 0 Å². The predicted octanol–water partition coefficient (Wildman–Crippen LogP) is 2.83. The van der Waals surface area contributed by atoms with Crippen LogP contribution in [0.2, 0.25) is 10.0 Å². The molecule has 98 valence electrons. The number of carbonyl (C=O) groups excluding carboxylic acids is 1. The Morgan fingerprint density at radius 2 is 1.67 bits per heavy atom. The van der Waals surface area contributed by atoms with Gasteiger partial charge in [-0.25, -0.2) is 0 Å². The molecule has 2 N–H and O–H groups in total. The lowest BCUT2D eigenvalue weighted by Gasteiger charge is -2.17. The van der Waals surface area contributed by atoms with Crippen molar-refractivity contribution in [3.63, 3.8) is 0 Å². The van der Waals surface area contributed by atoms with Gasteiger partial charge in [0.15, 0.2) is 0 Å². The van der Waals surface area contributed by atoms with Gasteiger partial charge in [-0.1, -0.05) is 23.2 Å². The first-order valence-corrected chi connectivity index (χ1v) is 6.06. The second kappa shape index (κ2) is 6.07. The zero-order valence-electron chi connectivity index (χ0n) is 9.91. The van der Waals surface area contributed by atoms with Gasteiger partial charge < -0.3 is 10.4 Å². The van der Waals surface area contributed by atoms with Crippen LogP contribution in [-0.4, -0.2) is 23.0 Å². The molecule has 1 aromatic rings. The minimum absolute atomic E-state index is 0.303. The quantitative estimate of drug-likeness (QED) is 0.896. The van der Waals surface area contributed by atoms with Gasteiger partial charge in [-0.2, -0.15) is 0 Å². The van der Waals surface area contributed by atoms with E-state index in [1.54, 1.807) is 6.92 Å². The molecule has 0 aliphatic rings. The molecule has 6 heteroatoms. The van der Waals surface area contributed by atoms with Crippen molar-refractivity contribution in [3.05, 3.63) is 33.8 Å². The highest BCUT2D eigenvalue weighted by Crippen LogP contribution is 2.19. The molecule has 0 aromatic heterocycles. The van der Waals surface area contributed by atoms with Crippen LogP contribution in [0, 0.1) is 5.92 Å². The molecule has 0 spiro atoms. The van der Waals surface area contributed by atoms with Crippen molar-refractivity contribution in [2.24, 2.45) is 5.92 Å². The lowest BCUT2D eigenvalue weighted by Crippen LogP contribution is -2.40. The molecule has 1 rings (SSSR count). The number of carbonyl (C=O) groups is 2. The molecule has 0 radical (unpaired) electrons. The van der Waals surface area contributed by atoms with Crippen molar-refractivity contribution in [2.45, 2.75) is 19.9 Å². The molecule has 4 nitrogen and oxygen atoms in total. The molecule has 0 fully saturated rings. The Kier molecular flexibility index (Phi) is 4.99. The van der Waals surface area contributed by atoms with Gasteiger partial charge in [0.05, 0.1) is 5.92 Å². The van der Waals surface area contributed by atoms with Crippen molar-refractivity contribution in [1.29, 1.82) is 0 Å². The van der Waals surface area contributed by atoms with Crippen LogP contribution >= 0.6 is 23.2 Å². The van der Waals surface area contributed by atoms with Crippen molar-refractivity contribution in [3.8, 4) is 0 Å². The van der Waals surface area contributed by atoms with E-state index in [4.69, 9.17) is 28.3 Å². The van der Waals surface area contributed by atoms with E-state index >= 15 is 0 Å². The van der Waals surface area contributed by atoms with E-state index in [1.807, 2.05) is 0 Å². The Morgan fingerprint density at radius 1 is 1.17 bits per heavy atom. The van der Waals surface area contributed by atoms with E-state index in [9.17, 15) is 9.59 Å². The van der Waals surface area contributed by atoms with E-state index in [0.29, 0.717) is 15.6 Å². The summed E-state index contributed by atoms with van der Waals surface area (Å²) in [6.45, 7) is 3.15. The summed E-state index contributed by atoms with van der Waals surface area (Å²) in [5.41, 5.74) is 0.303. The fourth-order valence-electron chi connectivity index (χ4n) is 1.31. The summed E-state index contributed by atoms with van der Waals surface area (Å²) in [7, 11) is 0. The molecule has 0 heterocycles. The number of aliphatic carboxylic acids is 1. The smallest absolute Gasteiger partial charge is 0.308 e. The first-order valence-electron chi connectivity index (χ1n) is 5.31. The van der Waals surface area contributed by atoms with Crippen LogP contribution in [-0.2, 0) is 4.79 Å². The second-order valence-electron chi connectivity index (χ2n) is 4.05. The van der Waals surface area contributed by atoms with Crippen LogP contribution in [0.4, 0.5) is 0 Å². The first-order chi connectivity index (χ1) is 8.31. The number of amides is 1. The highest BCUT2D eigenvalue weighted by molar-refractivity contribution is 6.35. The number of carboxylic acids is 1. The van der Waals surface area contributed by atoms with Crippen molar-refractivity contribution < 1.29 is 14.7 Å². The molecular formula is C12H13Cl2NO3. The minimum Gasteiger partial charge on any atom is -0.481 e. The number of carboxylic acid groups (broad SMARTS) is 1. The summed E-state index contributed by atoms with van der Waals surface area (Å²) in [6.07, 6.45) is 0. The van der Waals surface area contributed by atoms with Gasteiger partial charge in [0.2, 0.25) is 0 Å². The van der Waals surface area contributed by atoms with E-state index < -0.39 is 23.8 Å². The third kappa shape index (κ3) is 3.89. The molecule has 1 amide bonds. The summed E-state index contributed by atoms with van der Waals surface area (Å²) in [6, 6.07) is 3.97. The van der Waals surface area contributed by atoms with Crippen LogP contribution < -0.4 is 5.32 Å². The average molecular weight is 290 g/mol. The molecule has 2 unspecified atom stereocenters. The zero-order chi connectivity index (χ0) is 13.9. The third-order valence-electron chi connectivity index (χ3n) is 2.62. The standard InChI is InChI=1S/C12H13Cl2NO3/c1-6(12(17)18)7(2)15-11(16)8-3-9(13)5-10(14)4-8/h3-7H,1-2H3,(H,15,16)(H,17,18). The van der Waals surface area contributed by atoms with Gasteiger partial charge in [-0.3, -0.25) is 9.59 Å². The summed E-state index contributed by atoms with van der Waals surface area (Å²) >= 11 is 11.6. The Hall–Kier alpha value is -1.26. The molecule has 18 heavy (non-hydrogen) atoms. The topological polar surface area (TPSA) is 66.4 Å². The van der Waals surface area contributed by atoms with Crippen LogP contribution in [0.15, 0.2) is 18.2 Å². The van der Waals surface area contributed by atoms with Crippen LogP contribution in [0.3, 0.4) is 0 Å². The molecule has 0 bridgehead atoms. The SMILES string of the molecule is CC(NC(=O)c1cc(Cl)cc(Cl)c1)C(C)C(=O)O. The summed E-state index contributed by atoms with van der Waals surface area (Å²) < 4.78 is 0. The molecule has 0 saturated heterocycles. The number of hydrogen-bond acceptors (Lipinski definition) is 2. The summed E-state index contributed by atoms with van der Waals surface area (Å²) in [4.78, 5) is 22.6. The fourth-order valence-corrected chi connectivity index (χ4v) is 1.84. The summed E-state index contributed by atoms with van der Waals surface area (Å²) in [5.74, 6) is -2.05. The molecule has 0 saturated carbocycles. The second-order valence-corrected chi connectivity index (χ2v) is 4.92. The first kappa shape index (κ1) is 14.8. The molecule has 0 aliphatic carbocycles. The maximum atomic E-state index is 11.9. The molecule has 0 aliphatic heterocycles. The number of rotatable bonds is 4. The van der Waals surface area contributed by atoms with Gasteiger partial charge in [-0.15, -0.1) is 0 Å². The lowest BCUT2D eigenvalue weighted by atomic mass is 10.0. The average Bonchev–Trinajstić information content (AvgIpc) is 2.26. The Bertz CT molecular complexity index is 456. The van der Waals surface area contributed by atoms with Crippen molar-refractivity contribution >= 4 is 35.1 Å². The Balaban J connectivity index is 2.79. The molecule has 2 atom stereocenters. The van der Waals surface area contributed by atoms with E-state index in [-0.39, 0.29) is 0 Å². The fraction of sp³-hybridized carbons (Fsp3) is 0.333. The van der Waals surface area contributed by atoms with Crippen LogP contribution in [0.1, 0.15) is 24.2 Å². The monoisotopic (exact) mass is 289 g/mol. The molecule has 1 aromatic carbocycles. The van der Waals surface area contributed by atoms with Crippen molar-refractivity contribution in [2.75, 3.05) is 0 Å². The maximum absolute atomic E-state index is 11.9. The predicted molar refractivity (Wildman–Crippen MR) is 70.2 cm³/mol. The highest BCUT2D eigenvalue weighted by atomic mass is 35.5. The molecular weight excluding hydrogens is 277 g/mol. The number of hydrogen-bond donors (Lipinski definition) is 2. The Labute approximate surface area is 115 Å².